The molecule has 2 atom stereocenters. The van der Waals surface area contributed by atoms with Crippen LogP contribution in [0.1, 0.15) is 5.56 Å². The smallest absolute Gasteiger partial charge is 0.132 e. The maximum Gasteiger partial charge on any atom is 0.132 e. The zero-order valence-corrected chi connectivity index (χ0v) is 11.0. The van der Waals surface area contributed by atoms with Crippen molar-refractivity contribution < 1.29 is 9.47 Å². The number of hydrogen-bond donors (Lipinski definition) is 0. The molecule has 18 heavy (non-hydrogen) atoms. The van der Waals surface area contributed by atoms with Gasteiger partial charge in [-0.25, -0.2) is 4.98 Å². The van der Waals surface area contributed by atoms with Crippen LogP contribution in [0.4, 0.5) is 5.82 Å². The molecule has 5 nitrogen and oxygen atoms in total. The van der Waals surface area contributed by atoms with Crippen molar-refractivity contribution in [3.8, 4) is 6.07 Å². The van der Waals surface area contributed by atoms with Crippen molar-refractivity contribution in [1.82, 2.24) is 4.98 Å². The largest absolute Gasteiger partial charge is 0.377 e. The zero-order valence-electron chi connectivity index (χ0n) is 10.3. The van der Waals surface area contributed by atoms with E-state index < -0.39 is 0 Å². The molecule has 1 aromatic heterocycles. The SMILES string of the molecule is COC1CN(c2cc(C#N)cc(Cl)n2)CC1OC. The van der Waals surface area contributed by atoms with Crippen LogP contribution in [0.5, 0.6) is 0 Å². The normalized spacial score (nSPS) is 23.1. The molecule has 96 valence electrons. The number of hydrogen-bond acceptors (Lipinski definition) is 5. The minimum Gasteiger partial charge on any atom is -0.377 e. The molecular formula is C12H14ClN3O2. The summed E-state index contributed by atoms with van der Waals surface area (Å²) in [4.78, 5) is 6.24. The lowest BCUT2D eigenvalue weighted by Gasteiger charge is -2.17. The highest BCUT2D eigenvalue weighted by Gasteiger charge is 2.33. The van der Waals surface area contributed by atoms with Gasteiger partial charge in [0.15, 0.2) is 0 Å². The van der Waals surface area contributed by atoms with Gasteiger partial charge in [-0.1, -0.05) is 11.6 Å². The highest BCUT2D eigenvalue weighted by Crippen LogP contribution is 2.24. The fourth-order valence-electron chi connectivity index (χ4n) is 2.09. The molecule has 2 unspecified atom stereocenters. The van der Waals surface area contributed by atoms with Crippen molar-refractivity contribution in [1.29, 1.82) is 5.26 Å². The van der Waals surface area contributed by atoms with E-state index in [0.717, 1.165) is 0 Å². The van der Waals surface area contributed by atoms with Crippen molar-refractivity contribution in [2.24, 2.45) is 0 Å². The highest BCUT2D eigenvalue weighted by molar-refractivity contribution is 6.29. The summed E-state index contributed by atoms with van der Waals surface area (Å²) < 4.78 is 10.7. The van der Waals surface area contributed by atoms with E-state index in [1.54, 1.807) is 26.4 Å². The third-order valence-corrected chi connectivity index (χ3v) is 3.25. The number of halogens is 1. The lowest BCUT2D eigenvalue weighted by atomic mass is 10.3. The van der Waals surface area contributed by atoms with E-state index in [0.29, 0.717) is 29.6 Å². The van der Waals surface area contributed by atoms with Crippen molar-refractivity contribution in [2.75, 3.05) is 32.2 Å². The Morgan fingerprint density at radius 3 is 2.44 bits per heavy atom. The van der Waals surface area contributed by atoms with Crippen LogP contribution in [-0.2, 0) is 9.47 Å². The molecule has 6 heteroatoms. The summed E-state index contributed by atoms with van der Waals surface area (Å²) in [5.41, 5.74) is 0.500. The van der Waals surface area contributed by atoms with Crippen LogP contribution in [0.2, 0.25) is 5.15 Å². The summed E-state index contributed by atoms with van der Waals surface area (Å²) in [6.45, 7) is 1.35. The molecule has 1 saturated heterocycles. The second-order valence-corrected chi connectivity index (χ2v) is 4.49. The van der Waals surface area contributed by atoms with Crippen molar-refractivity contribution in [3.05, 3.63) is 22.8 Å². The van der Waals surface area contributed by atoms with Crippen LogP contribution in [0.15, 0.2) is 12.1 Å². The molecule has 1 fully saturated rings. The Kier molecular flexibility index (Phi) is 4.02. The van der Waals surface area contributed by atoms with E-state index in [2.05, 4.69) is 11.1 Å². The minimum absolute atomic E-state index is 0.00122. The Balaban J connectivity index is 2.23. The Morgan fingerprint density at radius 2 is 1.94 bits per heavy atom. The average molecular weight is 268 g/mol. The molecule has 0 N–H and O–H groups in total. The molecule has 2 heterocycles. The van der Waals surface area contributed by atoms with Crippen molar-refractivity contribution in [3.63, 3.8) is 0 Å². The standard InChI is InChI=1S/C12H14ClN3O2/c1-17-9-6-16(7-10(9)18-2)12-4-8(5-14)3-11(13)15-12/h3-4,9-10H,6-7H2,1-2H3. The molecule has 0 saturated carbocycles. The van der Waals surface area contributed by atoms with Gasteiger partial charge in [0.1, 0.15) is 23.2 Å². The van der Waals surface area contributed by atoms with Gasteiger partial charge in [-0.05, 0) is 12.1 Å². The Bertz CT molecular complexity index is 463. The van der Waals surface area contributed by atoms with Crippen LogP contribution in [0, 0.1) is 11.3 Å². The number of nitriles is 1. The number of rotatable bonds is 3. The lowest BCUT2D eigenvalue weighted by Crippen LogP contribution is -2.27. The number of aromatic nitrogens is 1. The monoisotopic (exact) mass is 267 g/mol. The molecule has 1 aliphatic heterocycles. The van der Waals surface area contributed by atoms with Gasteiger partial charge in [0.2, 0.25) is 0 Å². The van der Waals surface area contributed by atoms with Crippen LogP contribution >= 0.6 is 11.6 Å². The number of pyridine rings is 1. The van der Waals surface area contributed by atoms with Gasteiger partial charge in [0.25, 0.3) is 0 Å². The maximum absolute atomic E-state index is 8.92. The first-order valence-electron chi connectivity index (χ1n) is 5.56. The minimum atomic E-state index is 0.00122. The summed E-state index contributed by atoms with van der Waals surface area (Å²) in [5, 5.41) is 9.24. The number of nitrogens with zero attached hydrogens (tertiary/aromatic N) is 3. The Labute approximate surface area is 111 Å². The Hall–Kier alpha value is -1.35. The third kappa shape index (κ3) is 2.56. The fraction of sp³-hybridized carbons (Fsp3) is 0.500. The first kappa shape index (κ1) is 13.1. The van der Waals surface area contributed by atoms with Gasteiger partial charge in [-0.3, -0.25) is 0 Å². The van der Waals surface area contributed by atoms with E-state index in [1.165, 1.54) is 0 Å². The molecule has 0 spiro atoms. The van der Waals surface area contributed by atoms with E-state index in [-0.39, 0.29) is 12.2 Å². The second-order valence-electron chi connectivity index (χ2n) is 4.10. The summed E-state index contributed by atoms with van der Waals surface area (Å²) in [5.74, 6) is 0.681. The number of ether oxygens (including phenoxy) is 2. The first-order chi connectivity index (χ1) is 8.67. The molecular weight excluding hydrogens is 254 g/mol. The van der Waals surface area contributed by atoms with E-state index in [4.69, 9.17) is 26.3 Å². The van der Waals surface area contributed by atoms with Gasteiger partial charge in [0, 0.05) is 27.3 Å². The summed E-state index contributed by atoms with van der Waals surface area (Å²) in [6.07, 6.45) is 0.00244. The second kappa shape index (κ2) is 5.53. The van der Waals surface area contributed by atoms with E-state index in [9.17, 15) is 0 Å². The van der Waals surface area contributed by atoms with Gasteiger partial charge in [-0.15, -0.1) is 0 Å². The van der Waals surface area contributed by atoms with Gasteiger partial charge >= 0.3 is 0 Å². The number of methoxy groups -OCH3 is 2. The first-order valence-corrected chi connectivity index (χ1v) is 5.94. The highest BCUT2D eigenvalue weighted by atomic mass is 35.5. The molecule has 1 aromatic rings. The van der Waals surface area contributed by atoms with Crippen LogP contribution in [0.3, 0.4) is 0 Å². The molecule has 0 aromatic carbocycles. The zero-order chi connectivity index (χ0) is 13.1. The summed E-state index contributed by atoms with van der Waals surface area (Å²) in [6, 6.07) is 5.33. The summed E-state index contributed by atoms with van der Waals surface area (Å²) in [7, 11) is 3.32. The van der Waals surface area contributed by atoms with Gasteiger partial charge < -0.3 is 14.4 Å². The molecule has 0 bridgehead atoms. The van der Waals surface area contributed by atoms with Gasteiger partial charge in [-0.2, -0.15) is 5.26 Å². The third-order valence-electron chi connectivity index (χ3n) is 3.05. The molecule has 0 aliphatic carbocycles. The van der Waals surface area contributed by atoms with Crippen molar-refractivity contribution >= 4 is 17.4 Å². The quantitative estimate of drug-likeness (QED) is 0.776. The van der Waals surface area contributed by atoms with Crippen LogP contribution in [0.25, 0.3) is 0 Å². The van der Waals surface area contributed by atoms with E-state index >= 15 is 0 Å². The molecule has 0 amide bonds. The predicted octanol–water partition coefficient (Wildman–Crippen LogP) is 1.46. The Morgan fingerprint density at radius 1 is 1.33 bits per heavy atom. The average Bonchev–Trinajstić information content (AvgIpc) is 2.81. The topological polar surface area (TPSA) is 58.4 Å². The maximum atomic E-state index is 8.92. The predicted molar refractivity (Wildman–Crippen MR) is 67.8 cm³/mol. The molecule has 2 rings (SSSR count). The van der Waals surface area contributed by atoms with Gasteiger partial charge in [0.05, 0.1) is 11.6 Å². The van der Waals surface area contributed by atoms with Crippen LogP contribution < -0.4 is 4.90 Å². The summed E-state index contributed by atoms with van der Waals surface area (Å²) >= 11 is 5.90. The molecule has 1 aliphatic rings. The molecule has 0 radical (unpaired) electrons. The number of anilines is 1. The lowest BCUT2D eigenvalue weighted by molar-refractivity contribution is -0.00461. The van der Waals surface area contributed by atoms with Crippen molar-refractivity contribution in [2.45, 2.75) is 12.2 Å². The van der Waals surface area contributed by atoms with E-state index in [1.807, 2.05) is 4.90 Å². The van der Waals surface area contributed by atoms with Crippen LogP contribution in [-0.4, -0.2) is 44.5 Å². The fourth-order valence-corrected chi connectivity index (χ4v) is 2.30.